The standard InChI is InChI=1S/C27H34F3N3O6S/c1-17-5-8-21(9-6-17)40(37,38)32(4)15-24-18(2)14-33(19(3)16-34)26(36)22-13-20(7-10-23(22)39-24)31-25(35)11-12-27(28,29)30/h5-10,13,18-19,24,34H,11-12,14-16H2,1-4H3,(H,31,35)/t18-,19-,24+/m1/s1. The molecule has 9 nitrogen and oxygen atoms in total. The van der Waals surface area contributed by atoms with Crippen LogP contribution in [0.5, 0.6) is 5.75 Å². The monoisotopic (exact) mass is 585 g/mol. The van der Waals surface area contributed by atoms with E-state index in [4.69, 9.17) is 4.74 Å². The van der Waals surface area contributed by atoms with Crippen LogP contribution in [0.25, 0.3) is 0 Å². The number of nitrogens with zero attached hydrogens (tertiary/aromatic N) is 2. The minimum absolute atomic E-state index is 0.0230. The highest BCUT2D eigenvalue weighted by Gasteiger charge is 2.35. The Morgan fingerprint density at radius 1 is 1.23 bits per heavy atom. The maximum absolute atomic E-state index is 13.5. The number of anilines is 1. The zero-order valence-corrected chi connectivity index (χ0v) is 23.6. The summed E-state index contributed by atoms with van der Waals surface area (Å²) in [4.78, 5) is 27.1. The minimum Gasteiger partial charge on any atom is -0.488 e. The highest BCUT2D eigenvalue weighted by Crippen LogP contribution is 2.31. The molecule has 0 saturated carbocycles. The summed E-state index contributed by atoms with van der Waals surface area (Å²) >= 11 is 0. The number of halogens is 3. The summed E-state index contributed by atoms with van der Waals surface area (Å²) in [5.41, 5.74) is 1.03. The van der Waals surface area contributed by atoms with E-state index in [1.54, 1.807) is 19.1 Å². The van der Waals surface area contributed by atoms with Crippen LogP contribution in [0.1, 0.15) is 42.6 Å². The van der Waals surface area contributed by atoms with Gasteiger partial charge in [0.1, 0.15) is 11.9 Å². The first-order chi connectivity index (χ1) is 18.6. The van der Waals surface area contributed by atoms with E-state index in [1.165, 1.54) is 46.6 Å². The van der Waals surface area contributed by atoms with Gasteiger partial charge >= 0.3 is 6.18 Å². The van der Waals surface area contributed by atoms with Gasteiger partial charge in [-0.25, -0.2) is 8.42 Å². The van der Waals surface area contributed by atoms with Crippen molar-refractivity contribution >= 4 is 27.5 Å². The number of fused-ring (bicyclic) bond motifs is 1. The van der Waals surface area contributed by atoms with Gasteiger partial charge in [0.05, 0.1) is 36.1 Å². The van der Waals surface area contributed by atoms with Crippen LogP contribution in [0.3, 0.4) is 0 Å². The highest BCUT2D eigenvalue weighted by molar-refractivity contribution is 7.89. The molecule has 3 rings (SSSR count). The molecule has 13 heteroatoms. The second kappa shape index (κ2) is 12.6. The smallest absolute Gasteiger partial charge is 0.389 e. The van der Waals surface area contributed by atoms with Crippen molar-refractivity contribution in [2.75, 3.05) is 32.1 Å². The number of aliphatic hydroxyl groups is 1. The van der Waals surface area contributed by atoms with Crippen LogP contribution in [0.15, 0.2) is 47.4 Å². The Morgan fingerprint density at radius 2 is 1.88 bits per heavy atom. The van der Waals surface area contributed by atoms with Crippen LogP contribution in [-0.2, 0) is 14.8 Å². The average molecular weight is 586 g/mol. The van der Waals surface area contributed by atoms with E-state index in [9.17, 15) is 36.3 Å². The van der Waals surface area contributed by atoms with E-state index >= 15 is 0 Å². The number of aryl methyl sites for hydroxylation is 1. The van der Waals surface area contributed by atoms with Gasteiger partial charge in [0.2, 0.25) is 15.9 Å². The SMILES string of the molecule is Cc1ccc(S(=O)(=O)N(C)C[C@@H]2Oc3ccc(NC(=O)CCC(F)(F)F)cc3C(=O)N([C@H](C)CO)C[C@H]2C)cc1. The lowest BCUT2D eigenvalue weighted by Gasteiger charge is -2.38. The summed E-state index contributed by atoms with van der Waals surface area (Å²) in [7, 11) is -2.42. The molecular weight excluding hydrogens is 551 g/mol. The number of carbonyl (C=O) groups is 2. The number of aliphatic hydroxyl groups excluding tert-OH is 1. The first kappa shape index (κ1) is 31.4. The van der Waals surface area contributed by atoms with Gasteiger partial charge in [-0.2, -0.15) is 17.5 Å². The Hall–Kier alpha value is -3.16. The molecule has 0 aromatic heterocycles. The fourth-order valence-corrected chi connectivity index (χ4v) is 5.42. The lowest BCUT2D eigenvalue weighted by Crippen LogP contribution is -2.50. The first-order valence-electron chi connectivity index (χ1n) is 12.7. The second-order valence-electron chi connectivity index (χ2n) is 10.1. The number of rotatable bonds is 9. The van der Waals surface area contributed by atoms with Gasteiger partial charge < -0.3 is 20.1 Å². The molecule has 1 heterocycles. The Balaban J connectivity index is 1.91. The van der Waals surface area contributed by atoms with Crippen molar-refractivity contribution in [2.45, 2.75) is 56.8 Å². The molecule has 40 heavy (non-hydrogen) atoms. The molecule has 1 aliphatic rings. The maximum atomic E-state index is 13.5. The Kier molecular flexibility index (Phi) is 9.85. The molecule has 0 unspecified atom stereocenters. The fraction of sp³-hybridized carbons (Fsp3) is 0.481. The number of benzene rings is 2. The van der Waals surface area contributed by atoms with Crippen molar-refractivity contribution in [2.24, 2.45) is 5.92 Å². The van der Waals surface area contributed by atoms with Crippen molar-refractivity contribution in [3.05, 3.63) is 53.6 Å². The number of carbonyl (C=O) groups excluding carboxylic acids is 2. The van der Waals surface area contributed by atoms with Crippen molar-refractivity contribution in [3.63, 3.8) is 0 Å². The Bertz CT molecular complexity index is 1320. The number of alkyl halides is 3. The molecule has 0 spiro atoms. The van der Waals surface area contributed by atoms with Crippen molar-refractivity contribution in [3.8, 4) is 5.75 Å². The highest BCUT2D eigenvalue weighted by atomic mass is 32.2. The molecule has 3 atom stereocenters. The summed E-state index contributed by atoms with van der Waals surface area (Å²) in [6.45, 7) is 5.05. The first-order valence-corrected chi connectivity index (χ1v) is 14.2. The van der Waals surface area contributed by atoms with Crippen LogP contribution in [0, 0.1) is 12.8 Å². The summed E-state index contributed by atoms with van der Waals surface area (Å²) in [5, 5.41) is 12.2. The molecule has 0 bridgehead atoms. The molecule has 1 aliphatic heterocycles. The third-order valence-corrected chi connectivity index (χ3v) is 8.59. The summed E-state index contributed by atoms with van der Waals surface area (Å²) in [6, 6.07) is 9.96. The largest absolute Gasteiger partial charge is 0.488 e. The number of nitrogens with one attached hydrogen (secondary N) is 1. The molecule has 2 aromatic carbocycles. The van der Waals surface area contributed by atoms with Gasteiger partial charge in [-0.1, -0.05) is 24.6 Å². The normalized spacial score (nSPS) is 18.9. The number of sulfonamides is 1. The second-order valence-corrected chi connectivity index (χ2v) is 12.1. The van der Waals surface area contributed by atoms with Gasteiger partial charge in [-0.3, -0.25) is 9.59 Å². The van der Waals surface area contributed by atoms with Crippen LogP contribution in [0.2, 0.25) is 0 Å². The Labute approximate surface area is 232 Å². The molecule has 2 N–H and O–H groups in total. The fourth-order valence-electron chi connectivity index (χ4n) is 4.24. The van der Waals surface area contributed by atoms with Crippen molar-refractivity contribution in [1.82, 2.24) is 9.21 Å². The predicted octanol–water partition coefficient (Wildman–Crippen LogP) is 3.82. The van der Waals surface area contributed by atoms with Crippen molar-refractivity contribution < 1.29 is 41.0 Å². The topological polar surface area (TPSA) is 116 Å². The number of hydrogen-bond acceptors (Lipinski definition) is 6. The average Bonchev–Trinajstić information content (AvgIpc) is 2.89. The molecule has 0 aliphatic carbocycles. The lowest BCUT2D eigenvalue weighted by atomic mass is 9.99. The predicted molar refractivity (Wildman–Crippen MR) is 143 cm³/mol. The van der Waals surface area contributed by atoms with Crippen molar-refractivity contribution in [1.29, 1.82) is 0 Å². The molecule has 0 saturated heterocycles. The van der Waals surface area contributed by atoms with E-state index in [1.807, 2.05) is 13.8 Å². The van der Waals surface area contributed by atoms with Gasteiger partial charge in [0.25, 0.3) is 5.91 Å². The number of hydrogen-bond donors (Lipinski definition) is 2. The van der Waals surface area contributed by atoms with Gasteiger partial charge in [0, 0.05) is 31.6 Å². The van der Waals surface area contributed by atoms with Crippen LogP contribution >= 0.6 is 0 Å². The molecule has 0 radical (unpaired) electrons. The van der Waals surface area contributed by atoms with E-state index in [0.29, 0.717) is 0 Å². The quantitative estimate of drug-likeness (QED) is 0.463. The van der Waals surface area contributed by atoms with Crippen LogP contribution in [-0.4, -0.2) is 79.6 Å². The van der Waals surface area contributed by atoms with E-state index in [2.05, 4.69) is 5.32 Å². The molecule has 2 amide bonds. The summed E-state index contributed by atoms with van der Waals surface area (Å²) in [6.07, 6.45) is -7.26. The van der Waals surface area contributed by atoms with E-state index in [-0.39, 0.29) is 47.5 Å². The van der Waals surface area contributed by atoms with E-state index in [0.717, 1.165) is 5.56 Å². The molecule has 2 aromatic rings. The molecular formula is C27H34F3N3O6S. The third-order valence-electron chi connectivity index (χ3n) is 6.75. The van der Waals surface area contributed by atoms with Crippen LogP contribution < -0.4 is 10.1 Å². The lowest BCUT2D eigenvalue weighted by molar-refractivity contribution is -0.142. The summed E-state index contributed by atoms with van der Waals surface area (Å²) < 4.78 is 71.3. The zero-order valence-electron chi connectivity index (χ0n) is 22.7. The van der Waals surface area contributed by atoms with Gasteiger partial charge in [0.15, 0.2) is 0 Å². The maximum Gasteiger partial charge on any atom is 0.389 e. The number of likely N-dealkylation sites (N-methyl/N-ethyl adjacent to an activating group) is 1. The number of amides is 2. The number of ether oxygens (including phenoxy) is 1. The zero-order chi connectivity index (χ0) is 29.8. The molecule has 220 valence electrons. The van der Waals surface area contributed by atoms with Gasteiger partial charge in [-0.15, -0.1) is 0 Å². The minimum atomic E-state index is -4.49. The van der Waals surface area contributed by atoms with E-state index < -0.39 is 53.0 Å². The summed E-state index contributed by atoms with van der Waals surface area (Å²) in [5.74, 6) is -1.62. The van der Waals surface area contributed by atoms with Crippen LogP contribution in [0.4, 0.5) is 18.9 Å². The third kappa shape index (κ3) is 7.73. The molecule has 0 fully saturated rings. The Morgan fingerprint density at radius 3 is 2.48 bits per heavy atom. The van der Waals surface area contributed by atoms with Gasteiger partial charge in [-0.05, 0) is 44.2 Å².